The minimum absolute atomic E-state index is 0.183. The average molecular weight is 1570 g/mol. The molecule has 0 spiro atoms. The van der Waals surface area contributed by atoms with Crippen LogP contribution >= 0.6 is 91.8 Å². The quantitative estimate of drug-likeness (QED) is 0.0302. The highest BCUT2D eigenvalue weighted by molar-refractivity contribution is 7.31. The van der Waals surface area contributed by atoms with Crippen molar-refractivity contribution in [3.8, 4) is 45.2 Å². The number of fused-ring (bicyclic) bond motifs is 12. The average Bonchev–Trinajstić information content (AvgIpc) is 1.49. The number of ketones is 2. The van der Waals surface area contributed by atoms with E-state index in [9.17, 15) is 30.6 Å². The number of carbonyl (C=O) groups is 2. The molecule has 0 bridgehead atoms. The lowest BCUT2D eigenvalue weighted by molar-refractivity contribution is 0.103. The molecule has 14 heteroatoms. The van der Waals surface area contributed by atoms with Crippen LogP contribution < -0.4 is 0 Å². The van der Waals surface area contributed by atoms with Gasteiger partial charge in [0.15, 0.2) is 11.6 Å². The maximum atomic E-state index is 14.8. The molecule has 0 unspecified atom stereocenters. The zero-order valence-corrected chi connectivity index (χ0v) is 67.2. The van der Waals surface area contributed by atoms with Gasteiger partial charge in [-0.25, -0.2) is 0 Å². The highest BCUT2D eigenvalue weighted by Gasteiger charge is 2.55. The molecule has 0 fully saturated rings. The molecule has 538 valence electrons. The van der Waals surface area contributed by atoms with Gasteiger partial charge in [-0.1, -0.05) is 248 Å². The Kier molecular flexibility index (Phi) is 21.9. The molecule has 11 aromatic rings. The van der Waals surface area contributed by atoms with Crippen LogP contribution in [0.1, 0.15) is 239 Å². The zero-order valence-electron chi connectivity index (χ0n) is 60.9. The maximum absolute atomic E-state index is 14.8. The standard InChI is InChI=1S/C94H78Cl4N4O2S4/c1-5-9-13-17-21-55-25-33-61(34-26-55)93(62-35-27-56(28-36-62)22-18-14-10-6-2)75-45-72-76(46-71(75)89-85(93)91-81(107-89)43-65(105-91)41-73-83(59(51-99)52-100)67-47-77(95)79(97)49-69(67)87(73)103)94(63-37-29-57(30-38-63)23-19-15-11-7-3,64-39-31-58(32-40-64)24-20-16-12-8-4)86-90(72)108-82-44-66(106-92(82)86)42-74-84(60(53-101)54-102)68-48-78(96)80(98)50-70(68)88(74)104/h25-50H,5-24H2,1-4H3. The second kappa shape index (κ2) is 31.7. The van der Waals surface area contributed by atoms with Gasteiger partial charge >= 0.3 is 0 Å². The molecule has 4 heterocycles. The summed E-state index contributed by atoms with van der Waals surface area (Å²) in [6.45, 7) is 9.02. The molecule has 4 aromatic heterocycles. The summed E-state index contributed by atoms with van der Waals surface area (Å²) in [7, 11) is 0. The van der Waals surface area contributed by atoms with Crippen LogP contribution in [0.25, 0.3) is 63.0 Å². The monoisotopic (exact) mass is 1560 g/mol. The molecule has 4 aliphatic carbocycles. The Morgan fingerprint density at radius 2 is 0.648 bits per heavy atom. The summed E-state index contributed by atoms with van der Waals surface area (Å²) in [6, 6.07) is 62.1. The van der Waals surface area contributed by atoms with E-state index in [0.29, 0.717) is 22.3 Å². The lowest BCUT2D eigenvalue weighted by atomic mass is 9.65. The number of Topliss-reactive ketones (excluding diaryl/α,β-unsaturated/α-hetero) is 2. The number of unbranched alkanes of at least 4 members (excludes halogenated alkanes) is 12. The van der Waals surface area contributed by atoms with Crippen molar-refractivity contribution in [3.63, 3.8) is 0 Å². The second-order valence-corrected chi connectivity index (χ2v) is 35.0. The number of thiophene rings is 4. The van der Waals surface area contributed by atoms with Crippen molar-refractivity contribution in [3.05, 3.63) is 287 Å². The van der Waals surface area contributed by atoms with Crippen LogP contribution in [0.15, 0.2) is 168 Å². The van der Waals surface area contributed by atoms with Gasteiger partial charge in [0.05, 0.1) is 40.3 Å². The lowest BCUT2D eigenvalue weighted by Crippen LogP contribution is -2.30. The third-order valence-electron chi connectivity index (χ3n) is 22.5. The molecule has 0 saturated carbocycles. The first-order chi connectivity index (χ1) is 52.7. The number of nitrogens with zero attached hydrogens (tertiary/aromatic N) is 4. The predicted molar refractivity (Wildman–Crippen MR) is 453 cm³/mol. The second-order valence-electron chi connectivity index (χ2n) is 29.1. The molecule has 4 aliphatic rings. The van der Waals surface area contributed by atoms with Crippen molar-refractivity contribution >= 4 is 145 Å². The van der Waals surface area contributed by atoms with Crippen LogP contribution in [0.2, 0.25) is 20.1 Å². The van der Waals surface area contributed by atoms with Crippen LogP contribution in [-0.4, -0.2) is 11.6 Å². The van der Waals surface area contributed by atoms with Gasteiger partial charge in [-0.05, 0) is 190 Å². The molecule has 0 saturated heterocycles. The van der Waals surface area contributed by atoms with Gasteiger partial charge in [0.1, 0.15) is 35.4 Å². The molecule has 0 atom stereocenters. The molecule has 0 radical (unpaired) electrons. The van der Waals surface area contributed by atoms with Gasteiger partial charge in [0.2, 0.25) is 0 Å². The number of benzene rings is 7. The third-order valence-corrected chi connectivity index (χ3v) is 28.7. The van der Waals surface area contributed by atoms with E-state index in [1.165, 1.54) is 95.9 Å². The summed E-state index contributed by atoms with van der Waals surface area (Å²) in [4.78, 5) is 33.6. The first kappa shape index (κ1) is 74.7. The number of halogens is 4. The zero-order chi connectivity index (χ0) is 75.1. The molecule has 0 amide bonds. The Labute approximate surface area is 669 Å². The van der Waals surface area contributed by atoms with E-state index < -0.39 is 10.8 Å². The van der Waals surface area contributed by atoms with E-state index in [1.54, 1.807) is 69.6 Å². The molecule has 0 N–H and O–H groups in total. The number of nitriles is 4. The lowest BCUT2D eigenvalue weighted by Gasteiger charge is -2.36. The van der Waals surface area contributed by atoms with Crippen LogP contribution in [-0.2, 0) is 36.5 Å². The van der Waals surface area contributed by atoms with Gasteiger partial charge < -0.3 is 0 Å². The molecule has 108 heavy (non-hydrogen) atoms. The van der Waals surface area contributed by atoms with Crippen LogP contribution in [0.3, 0.4) is 0 Å². The number of rotatable bonds is 26. The molecule has 7 aromatic carbocycles. The highest BCUT2D eigenvalue weighted by Crippen LogP contribution is 2.68. The Balaban J connectivity index is 1.01. The largest absolute Gasteiger partial charge is 0.289 e. The number of carbonyl (C=O) groups excluding carboxylic acids is 2. The van der Waals surface area contributed by atoms with Crippen LogP contribution in [0, 0.1) is 45.3 Å². The Morgan fingerprint density at radius 1 is 0.361 bits per heavy atom. The summed E-state index contributed by atoms with van der Waals surface area (Å²) in [6.07, 6.45) is 26.1. The van der Waals surface area contributed by atoms with Gasteiger partial charge in [0.25, 0.3) is 0 Å². The summed E-state index contributed by atoms with van der Waals surface area (Å²) in [5, 5.41) is 42.9. The number of hydrogen-bond donors (Lipinski definition) is 0. The molecular formula is C94H78Cl4N4O2S4. The van der Waals surface area contributed by atoms with E-state index in [-0.39, 0.29) is 65.1 Å². The fourth-order valence-corrected chi connectivity index (χ4v) is 23.3. The van der Waals surface area contributed by atoms with Crippen molar-refractivity contribution in [2.45, 2.75) is 167 Å². The number of hydrogen-bond acceptors (Lipinski definition) is 10. The van der Waals surface area contributed by atoms with Gasteiger partial charge in [-0.15, -0.1) is 45.3 Å². The molecule has 0 aliphatic heterocycles. The fourth-order valence-electron chi connectivity index (χ4n) is 17.2. The van der Waals surface area contributed by atoms with E-state index >= 15 is 0 Å². The SMILES string of the molecule is CCCCCCc1ccc(C2(c3ccc(CCCCCC)cc3)c3cc4c(cc3-c3sc5cc(C=C6C(=O)c7cc(Cl)c(Cl)cc7C6=C(C#N)C#N)sc5c32)C(c2ccc(CCCCCC)cc2)(c2ccc(CCCCCC)cc2)c2c-4sc3cc(C=C4C(=O)c5cc(Cl)c(Cl)cc5C4=C(C#N)C#N)sc23)cc1. The van der Waals surface area contributed by atoms with Crippen molar-refractivity contribution in [1.29, 1.82) is 21.0 Å². The van der Waals surface area contributed by atoms with Crippen LogP contribution in [0.5, 0.6) is 0 Å². The predicted octanol–water partition coefficient (Wildman–Crippen LogP) is 28.2. The maximum Gasteiger partial charge on any atom is 0.194 e. The first-order valence-electron chi connectivity index (χ1n) is 38.0. The molecular weight excluding hydrogens is 1490 g/mol. The van der Waals surface area contributed by atoms with Gasteiger partial charge in [-0.3, -0.25) is 9.59 Å². The first-order valence-corrected chi connectivity index (χ1v) is 42.8. The summed E-state index contributed by atoms with van der Waals surface area (Å²) in [5.74, 6) is -0.667. The Morgan fingerprint density at radius 3 is 0.926 bits per heavy atom. The van der Waals surface area contributed by atoms with Gasteiger partial charge in [-0.2, -0.15) is 21.0 Å². The highest BCUT2D eigenvalue weighted by atomic mass is 35.5. The summed E-state index contributed by atoms with van der Waals surface area (Å²) in [5.41, 5.74) is 17.0. The normalized spacial score (nSPS) is 14.8. The van der Waals surface area contributed by atoms with Crippen molar-refractivity contribution in [2.24, 2.45) is 0 Å². The topological polar surface area (TPSA) is 129 Å². The van der Waals surface area contributed by atoms with Crippen molar-refractivity contribution < 1.29 is 9.59 Å². The van der Waals surface area contributed by atoms with Crippen molar-refractivity contribution in [1.82, 2.24) is 0 Å². The third kappa shape index (κ3) is 13.0. The van der Waals surface area contributed by atoms with Gasteiger partial charge in [0, 0.05) is 73.5 Å². The smallest absolute Gasteiger partial charge is 0.194 e. The number of allylic oxidation sites excluding steroid dienone is 6. The minimum atomic E-state index is -0.892. The fraction of sp³-hybridized carbons (Fsp3) is 0.277. The van der Waals surface area contributed by atoms with E-state index in [1.807, 2.05) is 12.2 Å². The Hall–Kier alpha value is -8.72. The number of aryl methyl sites for hydroxylation is 4. The molecule has 6 nitrogen and oxygen atoms in total. The minimum Gasteiger partial charge on any atom is -0.289 e. The summed E-state index contributed by atoms with van der Waals surface area (Å²) < 4.78 is 4.28. The van der Waals surface area contributed by atoms with E-state index in [4.69, 9.17) is 46.4 Å². The molecule has 15 rings (SSSR count). The van der Waals surface area contributed by atoms with Crippen molar-refractivity contribution in [2.75, 3.05) is 0 Å². The van der Waals surface area contributed by atoms with Crippen LogP contribution in [0.4, 0.5) is 0 Å². The Bertz CT molecular complexity index is 5270. The van der Waals surface area contributed by atoms with E-state index in [0.717, 1.165) is 149 Å². The summed E-state index contributed by atoms with van der Waals surface area (Å²) >= 11 is 33.3. The van der Waals surface area contributed by atoms with E-state index in [2.05, 4.69) is 173 Å².